The maximum absolute atomic E-state index is 13.2. The predicted octanol–water partition coefficient (Wildman–Crippen LogP) is 3.19. The Morgan fingerprint density at radius 1 is 1.24 bits per heavy atom. The zero-order valence-corrected chi connectivity index (χ0v) is 20.7. The highest BCUT2D eigenvalue weighted by atomic mass is 35.5. The summed E-state index contributed by atoms with van der Waals surface area (Å²) in [6.45, 7) is 5.68. The van der Waals surface area contributed by atoms with Crippen LogP contribution in [0, 0.1) is 5.82 Å². The van der Waals surface area contributed by atoms with E-state index in [0.29, 0.717) is 30.2 Å². The van der Waals surface area contributed by atoms with Gasteiger partial charge >= 0.3 is 0 Å². The number of hydrogen-bond acceptors (Lipinski definition) is 6. The molecule has 0 aliphatic carbocycles. The first-order chi connectivity index (χ1) is 16.0. The van der Waals surface area contributed by atoms with Crippen LogP contribution in [0.3, 0.4) is 0 Å². The summed E-state index contributed by atoms with van der Waals surface area (Å²) in [5.41, 5.74) is 1.58. The third kappa shape index (κ3) is 7.63. The molecule has 0 unspecified atom stereocenters. The van der Waals surface area contributed by atoms with Gasteiger partial charge in [0, 0.05) is 43.5 Å². The Hall–Kier alpha value is -2.27. The smallest absolute Gasteiger partial charge is 0.264 e. The van der Waals surface area contributed by atoms with Crippen LogP contribution in [-0.2, 0) is 27.9 Å². The average Bonchev–Trinajstić information content (AvgIpc) is 2.76. The fourth-order valence-corrected chi connectivity index (χ4v) is 4.72. The molecule has 1 aromatic carbocycles. The molecule has 1 aliphatic heterocycles. The number of ether oxygens (including phenoxy) is 1. The summed E-state index contributed by atoms with van der Waals surface area (Å²) in [7, 11) is -4.07. The Kier molecular flexibility index (Phi) is 8.86. The summed E-state index contributed by atoms with van der Waals surface area (Å²) < 4.78 is 49.7. The first-order valence-corrected chi connectivity index (χ1v) is 13.0. The molecule has 1 fully saturated rings. The minimum Gasteiger partial charge on any atom is -0.467 e. The zero-order chi connectivity index (χ0) is 24.9. The van der Waals surface area contributed by atoms with Crippen LogP contribution in [0.15, 0.2) is 36.5 Å². The highest BCUT2D eigenvalue weighted by Crippen LogP contribution is 2.23. The van der Waals surface area contributed by atoms with Crippen molar-refractivity contribution >= 4 is 27.6 Å². The van der Waals surface area contributed by atoms with Crippen molar-refractivity contribution in [2.24, 2.45) is 0 Å². The molecular weight excluding hydrogens is 485 g/mol. The summed E-state index contributed by atoms with van der Waals surface area (Å²) in [4.78, 5) is 21.1. The monoisotopic (exact) mass is 513 g/mol. The van der Waals surface area contributed by atoms with Crippen LogP contribution in [0.2, 0.25) is 5.02 Å². The van der Waals surface area contributed by atoms with Crippen molar-refractivity contribution in [2.45, 2.75) is 45.3 Å². The van der Waals surface area contributed by atoms with Gasteiger partial charge in [0.2, 0.25) is 5.88 Å². The normalized spacial score (nSPS) is 19.3. The van der Waals surface area contributed by atoms with E-state index < -0.39 is 15.9 Å². The fraction of sp³-hybridized carbons (Fsp3) is 0.478. The number of pyridine rings is 1. The molecule has 8 nitrogen and oxygen atoms in total. The predicted molar refractivity (Wildman–Crippen MR) is 127 cm³/mol. The van der Waals surface area contributed by atoms with Crippen LogP contribution in [0.25, 0.3) is 0 Å². The number of aromatic nitrogens is 1. The minimum atomic E-state index is -4.07. The largest absolute Gasteiger partial charge is 0.467 e. The Balaban J connectivity index is 1.57. The Morgan fingerprint density at radius 3 is 2.62 bits per heavy atom. The minimum absolute atomic E-state index is 0.0415. The molecule has 0 bridgehead atoms. The second kappa shape index (κ2) is 11.4. The second-order valence-electron chi connectivity index (χ2n) is 8.60. The van der Waals surface area contributed by atoms with Gasteiger partial charge in [0.1, 0.15) is 5.82 Å². The van der Waals surface area contributed by atoms with E-state index in [1.165, 1.54) is 18.3 Å². The van der Waals surface area contributed by atoms with Gasteiger partial charge in [0.05, 0.1) is 10.8 Å². The highest BCUT2D eigenvalue weighted by molar-refractivity contribution is 7.85. The Morgan fingerprint density at radius 2 is 1.94 bits per heavy atom. The van der Waals surface area contributed by atoms with Crippen LogP contribution >= 0.6 is 11.6 Å². The zero-order valence-electron chi connectivity index (χ0n) is 19.2. The molecule has 0 spiro atoms. The standard InChI is InChI=1S/C23H29ClFN3O5S/c1-16-13-28(17(2)12-27(16)14-18-5-7-21(25)8-6-18)22(29)15-33-23-19(10-20(24)11-26-23)4-3-9-34(30,31)32/h5-8,10-11,16-17H,3-4,9,12-15H2,1-2H3,(H,30,31,32)/t16-,17+/m0/s1. The number of rotatable bonds is 9. The first kappa shape index (κ1) is 26.3. The van der Waals surface area contributed by atoms with E-state index in [-0.39, 0.29) is 49.1 Å². The third-order valence-electron chi connectivity index (χ3n) is 5.81. The Labute approximate surface area is 204 Å². The molecule has 1 aliphatic rings. The van der Waals surface area contributed by atoms with Crippen LogP contribution in [0.5, 0.6) is 5.88 Å². The number of carbonyl (C=O) groups is 1. The van der Waals surface area contributed by atoms with Crippen molar-refractivity contribution < 1.29 is 26.9 Å². The number of amides is 1. The molecule has 1 amide bonds. The van der Waals surface area contributed by atoms with Crippen molar-refractivity contribution in [1.82, 2.24) is 14.8 Å². The van der Waals surface area contributed by atoms with Gasteiger partial charge in [-0.2, -0.15) is 8.42 Å². The van der Waals surface area contributed by atoms with Gasteiger partial charge < -0.3 is 9.64 Å². The summed E-state index contributed by atoms with van der Waals surface area (Å²) in [5.74, 6) is -0.627. The van der Waals surface area contributed by atoms with Gasteiger partial charge in [-0.1, -0.05) is 23.7 Å². The lowest BCUT2D eigenvalue weighted by Crippen LogP contribution is -2.58. The van der Waals surface area contributed by atoms with Crippen molar-refractivity contribution in [2.75, 3.05) is 25.4 Å². The van der Waals surface area contributed by atoms with Crippen molar-refractivity contribution in [1.29, 1.82) is 0 Å². The molecule has 1 aromatic heterocycles. The SMILES string of the molecule is C[C@@H]1CN(Cc2ccc(F)cc2)[C@@H](C)CN1C(=O)COc1ncc(Cl)cc1CCCS(=O)(=O)O. The van der Waals surface area contributed by atoms with Crippen molar-refractivity contribution in [3.63, 3.8) is 0 Å². The molecule has 0 saturated carbocycles. The molecule has 2 atom stereocenters. The molecule has 0 radical (unpaired) electrons. The molecule has 11 heteroatoms. The highest BCUT2D eigenvalue weighted by Gasteiger charge is 2.32. The van der Waals surface area contributed by atoms with E-state index >= 15 is 0 Å². The maximum Gasteiger partial charge on any atom is 0.264 e. The lowest BCUT2D eigenvalue weighted by Gasteiger charge is -2.44. The lowest BCUT2D eigenvalue weighted by molar-refractivity contribution is -0.139. The van der Waals surface area contributed by atoms with Crippen molar-refractivity contribution in [3.05, 3.63) is 58.5 Å². The molecule has 2 aromatic rings. The summed E-state index contributed by atoms with van der Waals surface area (Å²) in [6, 6.07) is 8.10. The van der Waals surface area contributed by atoms with Gasteiger partial charge in [0.15, 0.2) is 6.61 Å². The van der Waals surface area contributed by atoms with Gasteiger partial charge in [-0.15, -0.1) is 0 Å². The summed E-state index contributed by atoms with van der Waals surface area (Å²) in [6.07, 6.45) is 1.83. The van der Waals surface area contributed by atoms with Gasteiger partial charge in [-0.3, -0.25) is 14.2 Å². The fourth-order valence-electron chi connectivity index (χ4n) is 4.03. The molecule has 34 heavy (non-hydrogen) atoms. The van der Waals surface area contributed by atoms with E-state index in [9.17, 15) is 17.6 Å². The summed E-state index contributed by atoms with van der Waals surface area (Å²) >= 11 is 6.00. The first-order valence-electron chi connectivity index (χ1n) is 11.0. The number of nitrogens with zero attached hydrogens (tertiary/aromatic N) is 3. The van der Waals surface area contributed by atoms with Gasteiger partial charge in [-0.25, -0.2) is 9.37 Å². The molecule has 3 rings (SSSR count). The molecule has 2 heterocycles. The maximum atomic E-state index is 13.2. The van der Waals surface area contributed by atoms with Gasteiger partial charge in [0.25, 0.3) is 16.0 Å². The van der Waals surface area contributed by atoms with Crippen LogP contribution in [0.1, 0.15) is 31.4 Å². The number of hydrogen-bond donors (Lipinski definition) is 1. The number of halogens is 2. The van der Waals surface area contributed by atoms with E-state index in [1.54, 1.807) is 23.1 Å². The van der Waals surface area contributed by atoms with E-state index in [1.807, 2.05) is 13.8 Å². The number of piperazine rings is 1. The molecular formula is C23H29ClFN3O5S. The average molecular weight is 514 g/mol. The quantitative estimate of drug-likeness (QED) is 0.514. The number of aryl methyl sites for hydroxylation is 1. The lowest BCUT2D eigenvalue weighted by atomic mass is 10.1. The van der Waals surface area contributed by atoms with Crippen LogP contribution in [0.4, 0.5) is 4.39 Å². The van der Waals surface area contributed by atoms with E-state index in [0.717, 1.165) is 5.56 Å². The molecule has 1 saturated heterocycles. The van der Waals surface area contributed by atoms with Crippen LogP contribution in [-0.4, -0.2) is 71.2 Å². The van der Waals surface area contributed by atoms with Crippen molar-refractivity contribution in [3.8, 4) is 5.88 Å². The summed E-state index contributed by atoms with van der Waals surface area (Å²) in [5, 5.41) is 0.361. The van der Waals surface area contributed by atoms with Crippen LogP contribution < -0.4 is 4.74 Å². The van der Waals surface area contributed by atoms with Gasteiger partial charge in [-0.05, 0) is 50.5 Å². The number of benzene rings is 1. The third-order valence-corrected chi connectivity index (χ3v) is 6.82. The molecule has 186 valence electrons. The number of carbonyl (C=O) groups excluding carboxylic acids is 1. The Bertz CT molecular complexity index is 1100. The van der Waals surface area contributed by atoms with E-state index in [2.05, 4.69) is 9.88 Å². The topological polar surface area (TPSA) is 100 Å². The second-order valence-corrected chi connectivity index (χ2v) is 10.6. The van der Waals surface area contributed by atoms with E-state index in [4.69, 9.17) is 20.9 Å². The molecule has 1 N–H and O–H groups in total.